The number of benzene rings is 2. The fraction of sp³-hybridized carbons (Fsp3) is 0.200. The first kappa shape index (κ1) is 18.7. The number of hydrogen-bond donors (Lipinski definition) is 1. The van der Waals surface area contributed by atoms with E-state index in [1.54, 1.807) is 47.3 Å². The molecule has 0 aliphatic rings. The minimum atomic E-state index is -0.387. The summed E-state index contributed by atoms with van der Waals surface area (Å²) in [4.78, 5) is 12.1. The van der Waals surface area contributed by atoms with E-state index in [1.165, 1.54) is 0 Å². The van der Waals surface area contributed by atoms with E-state index in [2.05, 4.69) is 22.2 Å². The molecule has 138 valence electrons. The Labute approximate surface area is 162 Å². The van der Waals surface area contributed by atoms with E-state index < -0.39 is 0 Å². The highest BCUT2D eigenvalue weighted by atomic mass is 32.1. The Bertz CT molecular complexity index is 975. The zero-order valence-electron chi connectivity index (χ0n) is 15.0. The minimum absolute atomic E-state index is 0.387. The van der Waals surface area contributed by atoms with Crippen LogP contribution in [0, 0.1) is 4.77 Å². The first-order chi connectivity index (χ1) is 13.2. The maximum absolute atomic E-state index is 12.1. The van der Waals surface area contributed by atoms with Crippen LogP contribution in [0.3, 0.4) is 0 Å². The lowest BCUT2D eigenvalue weighted by Gasteiger charge is -2.04. The second kappa shape index (κ2) is 9.05. The number of ether oxygens (including phenoxy) is 1. The molecule has 0 amide bonds. The topological polar surface area (TPSA) is 72.3 Å². The number of nitrogens with one attached hydrogen (secondary N) is 1. The van der Waals surface area contributed by atoms with Gasteiger partial charge in [0.25, 0.3) is 0 Å². The van der Waals surface area contributed by atoms with Crippen molar-refractivity contribution in [1.29, 1.82) is 0 Å². The molecule has 3 rings (SSSR count). The van der Waals surface area contributed by atoms with Gasteiger partial charge in [-0.3, -0.25) is 5.10 Å². The highest BCUT2D eigenvalue weighted by Gasteiger charge is 2.07. The molecule has 3 aromatic rings. The van der Waals surface area contributed by atoms with E-state index in [0.29, 0.717) is 16.1 Å². The number of H-pyrrole nitrogens is 1. The molecule has 27 heavy (non-hydrogen) atoms. The van der Waals surface area contributed by atoms with Gasteiger partial charge in [-0.05, 0) is 60.6 Å². The zero-order valence-corrected chi connectivity index (χ0v) is 15.8. The number of nitrogens with zero attached hydrogens (tertiary/aromatic N) is 3. The van der Waals surface area contributed by atoms with Crippen molar-refractivity contribution in [2.45, 2.75) is 26.2 Å². The number of unbranched alkanes of at least 4 members (excludes halogenated alkanes) is 1. The third-order valence-corrected chi connectivity index (χ3v) is 4.16. The molecule has 7 heteroatoms. The van der Waals surface area contributed by atoms with Gasteiger partial charge in [0.05, 0.1) is 11.8 Å². The van der Waals surface area contributed by atoms with Crippen molar-refractivity contribution in [2.24, 2.45) is 5.10 Å². The van der Waals surface area contributed by atoms with E-state index in [1.807, 2.05) is 18.2 Å². The Morgan fingerprint density at radius 2 is 1.96 bits per heavy atom. The van der Waals surface area contributed by atoms with Crippen LogP contribution in [0.1, 0.15) is 41.5 Å². The molecule has 2 aromatic carbocycles. The Morgan fingerprint density at radius 3 is 2.67 bits per heavy atom. The van der Waals surface area contributed by atoms with Gasteiger partial charge in [-0.25, -0.2) is 4.79 Å². The summed E-state index contributed by atoms with van der Waals surface area (Å²) in [5, 5.41) is 11.4. The number of hydrogen-bond acceptors (Lipinski definition) is 5. The molecule has 0 fully saturated rings. The van der Waals surface area contributed by atoms with Gasteiger partial charge >= 0.3 is 5.97 Å². The van der Waals surface area contributed by atoms with E-state index in [0.717, 1.165) is 30.7 Å². The average Bonchev–Trinajstić information content (AvgIpc) is 3.06. The molecule has 0 bridgehead atoms. The van der Waals surface area contributed by atoms with Crippen molar-refractivity contribution in [1.82, 2.24) is 14.9 Å². The van der Waals surface area contributed by atoms with Crippen molar-refractivity contribution in [3.63, 3.8) is 0 Å². The van der Waals surface area contributed by atoms with Crippen molar-refractivity contribution < 1.29 is 9.53 Å². The molecule has 1 N–H and O–H groups in total. The molecule has 0 radical (unpaired) electrons. The summed E-state index contributed by atoms with van der Waals surface area (Å²) >= 11 is 5.23. The molecule has 0 saturated carbocycles. The molecular formula is C20H20N4O2S. The van der Waals surface area contributed by atoms with Crippen LogP contribution in [0.5, 0.6) is 5.75 Å². The molecular weight excluding hydrogens is 360 g/mol. The van der Waals surface area contributed by atoms with Crippen LogP contribution in [-0.4, -0.2) is 27.1 Å². The van der Waals surface area contributed by atoms with Crippen molar-refractivity contribution >= 4 is 24.4 Å². The second-order valence-corrected chi connectivity index (χ2v) is 6.32. The average molecular weight is 380 g/mol. The van der Waals surface area contributed by atoms with Crippen molar-refractivity contribution in [2.75, 3.05) is 0 Å². The summed E-state index contributed by atoms with van der Waals surface area (Å²) in [7, 11) is 0. The largest absolute Gasteiger partial charge is 0.423 e. The molecule has 0 atom stereocenters. The Hall–Kier alpha value is -3.06. The van der Waals surface area contributed by atoms with Gasteiger partial charge in [-0.1, -0.05) is 31.5 Å². The van der Waals surface area contributed by atoms with E-state index in [4.69, 9.17) is 17.0 Å². The molecule has 0 saturated heterocycles. The summed E-state index contributed by atoms with van der Waals surface area (Å²) in [5.41, 5.74) is 1.37. The smallest absolute Gasteiger partial charge is 0.343 e. The fourth-order valence-corrected chi connectivity index (χ4v) is 2.62. The van der Waals surface area contributed by atoms with Gasteiger partial charge in [0, 0.05) is 6.42 Å². The summed E-state index contributed by atoms with van der Waals surface area (Å²) in [5.74, 6) is 0.901. The quantitative estimate of drug-likeness (QED) is 0.286. The fourth-order valence-electron chi connectivity index (χ4n) is 2.43. The first-order valence-corrected chi connectivity index (χ1v) is 9.16. The highest BCUT2D eigenvalue weighted by molar-refractivity contribution is 7.71. The molecule has 0 unspecified atom stereocenters. The lowest BCUT2D eigenvalue weighted by atomic mass is 10.2. The highest BCUT2D eigenvalue weighted by Crippen LogP contribution is 2.14. The van der Waals surface area contributed by atoms with E-state index in [9.17, 15) is 4.79 Å². The van der Waals surface area contributed by atoms with Gasteiger partial charge in [0.15, 0.2) is 5.82 Å². The summed E-state index contributed by atoms with van der Waals surface area (Å²) in [6, 6.07) is 16.0. The zero-order chi connectivity index (χ0) is 19.1. The summed E-state index contributed by atoms with van der Waals surface area (Å²) in [6.07, 6.45) is 4.61. The first-order valence-electron chi connectivity index (χ1n) is 8.75. The van der Waals surface area contributed by atoms with Gasteiger partial charge in [0.2, 0.25) is 4.77 Å². The lowest BCUT2D eigenvalue weighted by molar-refractivity contribution is 0.0735. The predicted octanol–water partition coefficient (Wildman–Crippen LogP) is 4.38. The number of rotatable bonds is 7. The number of aromatic nitrogens is 3. The van der Waals surface area contributed by atoms with Crippen LogP contribution in [0.2, 0.25) is 0 Å². The molecule has 0 aliphatic heterocycles. The van der Waals surface area contributed by atoms with E-state index >= 15 is 0 Å². The van der Waals surface area contributed by atoms with E-state index in [-0.39, 0.29) is 5.97 Å². The van der Waals surface area contributed by atoms with Gasteiger partial charge in [-0.2, -0.15) is 14.9 Å². The van der Waals surface area contributed by atoms with Crippen LogP contribution >= 0.6 is 12.2 Å². The van der Waals surface area contributed by atoms with Crippen LogP contribution in [0.25, 0.3) is 0 Å². The number of esters is 1. The molecule has 1 aromatic heterocycles. The van der Waals surface area contributed by atoms with Gasteiger partial charge in [-0.15, -0.1) is 0 Å². The monoisotopic (exact) mass is 380 g/mol. The normalized spacial score (nSPS) is 11.0. The molecule has 6 nitrogen and oxygen atoms in total. The molecule has 0 aliphatic carbocycles. The summed E-state index contributed by atoms with van der Waals surface area (Å²) < 4.78 is 7.46. The number of carbonyl (C=O) groups is 1. The predicted molar refractivity (Wildman–Crippen MR) is 107 cm³/mol. The minimum Gasteiger partial charge on any atom is -0.423 e. The van der Waals surface area contributed by atoms with Crippen LogP contribution in [0.4, 0.5) is 0 Å². The standard InChI is InChI=1S/C20H20N4O2S/c1-2-3-9-18-22-23-20(27)24(18)21-14-15-10-12-17(13-11-15)26-19(25)16-7-5-4-6-8-16/h4-8,10-14H,2-3,9H2,1H3,(H,23,27)/b21-14+. The summed E-state index contributed by atoms with van der Waals surface area (Å²) in [6.45, 7) is 2.13. The van der Waals surface area contributed by atoms with Gasteiger partial charge < -0.3 is 4.74 Å². The third kappa shape index (κ3) is 4.98. The maximum Gasteiger partial charge on any atom is 0.343 e. The SMILES string of the molecule is CCCCc1n[nH]c(=S)n1/N=C/c1ccc(OC(=O)c2ccccc2)cc1. The Kier molecular flexibility index (Phi) is 6.27. The van der Waals surface area contributed by atoms with Crippen LogP contribution < -0.4 is 4.74 Å². The number of carbonyl (C=O) groups excluding carboxylic acids is 1. The van der Waals surface area contributed by atoms with Gasteiger partial charge in [0.1, 0.15) is 5.75 Å². The maximum atomic E-state index is 12.1. The van der Waals surface area contributed by atoms with Crippen molar-refractivity contribution in [3.8, 4) is 5.75 Å². The van der Waals surface area contributed by atoms with Crippen LogP contribution in [-0.2, 0) is 6.42 Å². The Balaban J connectivity index is 1.68. The number of aryl methyl sites for hydroxylation is 1. The van der Waals surface area contributed by atoms with Crippen molar-refractivity contribution in [3.05, 3.63) is 76.3 Å². The third-order valence-electron chi connectivity index (χ3n) is 3.89. The van der Waals surface area contributed by atoms with Crippen LogP contribution in [0.15, 0.2) is 59.7 Å². The lowest BCUT2D eigenvalue weighted by Crippen LogP contribution is -2.08. The number of aromatic amines is 1. The molecule has 1 heterocycles. The molecule has 0 spiro atoms. The Morgan fingerprint density at radius 1 is 1.22 bits per heavy atom. The second-order valence-electron chi connectivity index (χ2n) is 5.93.